The van der Waals surface area contributed by atoms with Crippen molar-refractivity contribution < 1.29 is 22.7 Å². The summed E-state index contributed by atoms with van der Waals surface area (Å²) in [4.78, 5) is 17.3. The van der Waals surface area contributed by atoms with E-state index >= 15 is 0 Å². The molecule has 1 saturated heterocycles. The Labute approximate surface area is 133 Å². The van der Waals surface area contributed by atoms with Crippen LogP contribution in [-0.2, 0) is 9.53 Å². The lowest BCUT2D eigenvalue weighted by atomic mass is 9.73. The number of allylic oxidation sites excluding steroid dienone is 1. The number of ether oxygens (including phenoxy) is 1. The van der Waals surface area contributed by atoms with Crippen LogP contribution in [0.5, 0.6) is 0 Å². The first-order valence-electron chi connectivity index (χ1n) is 7.75. The molecule has 2 atom stereocenters. The number of nitrogens with zero attached hydrogens (tertiary/aromatic N) is 2. The number of carbonyl (C=O) groups is 1. The van der Waals surface area contributed by atoms with Crippen molar-refractivity contribution in [1.82, 2.24) is 4.90 Å². The van der Waals surface area contributed by atoms with E-state index in [0.717, 1.165) is 45.8 Å². The minimum atomic E-state index is -4.56. The molecular formula is C15H22F3N3O2. The van der Waals surface area contributed by atoms with Gasteiger partial charge in [0.05, 0.1) is 6.61 Å². The molecule has 0 unspecified atom stereocenters. The predicted octanol–water partition coefficient (Wildman–Crippen LogP) is 2.08. The molecule has 2 aliphatic rings. The van der Waals surface area contributed by atoms with Crippen molar-refractivity contribution in [3.63, 3.8) is 0 Å². The highest BCUT2D eigenvalue weighted by molar-refractivity contribution is 5.99. The number of aliphatic imine (C=N–C) groups is 1. The number of halogens is 3. The van der Waals surface area contributed by atoms with E-state index in [4.69, 9.17) is 10.5 Å². The molecule has 8 heteroatoms. The Morgan fingerprint density at radius 1 is 1.35 bits per heavy atom. The summed E-state index contributed by atoms with van der Waals surface area (Å²) < 4.78 is 42.9. The molecular weight excluding hydrogens is 311 g/mol. The molecule has 0 radical (unpaired) electrons. The largest absolute Gasteiger partial charge is 0.479 e. The molecule has 0 aromatic heterocycles. The molecule has 1 aliphatic carbocycles. The Balaban J connectivity index is 1.84. The topological polar surface area (TPSA) is 67.9 Å². The van der Waals surface area contributed by atoms with Gasteiger partial charge in [0.25, 0.3) is 0 Å². The molecule has 5 nitrogen and oxygen atoms in total. The minimum absolute atomic E-state index is 0.0166. The lowest BCUT2D eigenvalue weighted by Gasteiger charge is -2.37. The number of carbonyl (C=O) groups excluding carboxylic acids is 1. The van der Waals surface area contributed by atoms with Gasteiger partial charge < -0.3 is 15.4 Å². The highest BCUT2D eigenvalue weighted by atomic mass is 19.4. The Morgan fingerprint density at radius 3 is 2.48 bits per heavy atom. The van der Waals surface area contributed by atoms with Gasteiger partial charge >= 0.3 is 6.18 Å². The van der Waals surface area contributed by atoms with Crippen LogP contribution in [0.3, 0.4) is 0 Å². The molecule has 2 fully saturated rings. The molecule has 1 aliphatic heterocycles. The number of nitrogens with two attached hydrogens (primary N) is 1. The summed E-state index contributed by atoms with van der Waals surface area (Å²) in [7, 11) is 1.04. The molecule has 2 N–H and O–H groups in total. The van der Waals surface area contributed by atoms with Gasteiger partial charge in [-0.1, -0.05) is 0 Å². The third-order valence-corrected chi connectivity index (χ3v) is 4.43. The van der Waals surface area contributed by atoms with Crippen LogP contribution in [0.15, 0.2) is 17.0 Å². The van der Waals surface area contributed by atoms with Crippen LogP contribution in [0.2, 0.25) is 0 Å². The minimum Gasteiger partial charge on any atom is -0.479 e. The average molecular weight is 333 g/mol. The van der Waals surface area contributed by atoms with E-state index in [1.54, 1.807) is 0 Å². The average Bonchev–Trinajstić information content (AvgIpc) is 2.96. The first kappa shape index (κ1) is 17.6. The third-order valence-electron chi connectivity index (χ3n) is 4.43. The Kier molecular flexibility index (Phi) is 5.54. The molecule has 0 bridgehead atoms. The fourth-order valence-electron chi connectivity index (χ4n) is 2.92. The van der Waals surface area contributed by atoms with Crippen molar-refractivity contribution in [3.05, 3.63) is 12.0 Å². The lowest BCUT2D eigenvalue weighted by Crippen LogP contribution is -2.44. The van der Waals surface area contributed by atoms with Gasteiger partial charge in [0.2, 0.25) is 5.91 Å². The molecule has 0 spiro atoms. The maximum absolute atomic E-state index is 12.6. The highest BCUT2D eigenvalue weighted by Crippen LogP contribution is 2.36. The normalized spacial score (nSPS) is 26.2. The van der Waals surface area contributed by atoms with Gasteiger partial charge in [0.1, 0.15) is 5.71 Å². The fraction of sp³-hybridized carbons (Fsp3) is 0.733. The zero-order valence-electron chi connectivity index (χ0n) is 13.1. The van der Waals surface area contributed by atoms with Crippen molar-refractivity contribution in [2.45, 2.75) is 31.9 Å². The first-order chi connectivity index (χ1) is 10.8. The quantitative estimate of drug-likeness (QED) is 0.619. The van der Waals surface area contributed by atoms with Gasteiger partial charge in [-0.2, -0.15) is 13.2 Å². The molecule has 23 heavy (non-hydrogen) atoms. The molecule has 130 valence electrons. The summed E-state index contributed by atoms with van der Waals surface area (Å²) in [5.74, 6) is -0.274. The Bertz CT molecular complexity index is 497. The first-order valence-corrected chi connectivity index (χ1v) is 7.75. The Hall–Kier alpha value is -1.73. The monoisotopic (exact) mass is 333 g/mol. The molecule has 0 aromatic carbocycles. The second-order valence-electron chi connectivity index (χ2n) is 5.94. The number of rotatable bonds is 5. The van der Waals surface area contributed by atoms with Crippen LogP contribution in [0.25, 0.3) is 0 Å². The van der Waals surface area contributed by atoms with Gasteiger partial charge in [-0.3, -0.25) is 9.79 Å². The Morgan fingerprint density at radius 2 is 2.00 bits per heavy atom. The maximum atomic E-state index is 12.6. The van der Waals surface area contributed by atoms with E-state index in [-0.39, 0.29) is 30.2 Å². The van der Waals surface area contributed by atoms with Crippen LogP contribution in [0.4, 0.5) is 13.2 Å². The third kappa shape index (κ3) is 4.39. The highest BCUT2D eigenvalue weighted by Gasteiger charge is 2.40. The van der Waals surface area contributed by atoms with Crippen molar-refractivity contribution >= 4 is 11.6 Å². The summed E-state index contributed by atoms with van der Waals surface area (Å²) in [6, 6.07) is 0. The number of amides is 1. The van der Waals surface area contributed by atoms with E-state index in [9.17, 15) is 18.0 Å². The zero-order valence-corrected chi connectivity index (χ0v) is 13.1. The van der Waals surface area contributed by atoms with Crippen molar-refractivity contribution in [3.8, 4) is 0 Å². The van der Waals surface area contributed by atoms with Crippen molar-refractivity contribution in [2.24, 2.45) is 22.6 Å². The van der Waals surface area contributed by atoms with Crippen LogP contribution in [-0.4, -0.2) is 49.4 Å². The van der Waals surface area contributed by atoms with Crippen LogP contribution < -0.4 is 5.73 Å². The SMILES string of the molecule is CN=C(C=C(N)OC[C@H]1CC[C@@H]1C(=O)N1CCCC1)C(F)(F)F. The summed E-state index contributed by atoms with van der Waals surface area (Å²) in [6.07, 6.45) is -0.191. The van der Waals surface area contributed by atoms with E-state index in [1.165, 1.54) is 0 Å². The van der Waals surface area contributed by atoms with E-state index < -0.39 is 11.9 Å². The predicted molar refractivity (Wildman–Crippen MR) is 79.7 cm³/mol. The lowest BCUT2D eigenvalue weighted by molar-refractivity contribution is -0.141. The number of hydrogen-bond acceptors (Lipinski definition) is 4. The summed E-state index contributed by atoms with van der Waals surface area (Å²) >= 11 is 0. The van der Waals surface area contributed by atoms with E-state index in [2.05, 4.69) is 4.99 Å². The van der Waals surface area contributed by atoms with Gasteiger partial charge in [-0.05, 0) is 25.7 Å². The van der Waals surface area contributed by atoms with Gasteiger partial charge in [0.15, 0.2) is 5.88 Å². The second-order valence-corrected chi connectivity index (χ2v) is 5.94. The molecule has 1 saturated carbocycles. The molecule has 1 heterocycles. The number of likely N-dealkylation sites (tertiary alicyclic amines) is 1. The second kappa shape index (κ2) is 7.23. The van der Waals surface area contributed by atoms with Crippen LogP contribution in [0.1, 0.15) is 25.7 Å². The van der Waals surface area contributed by atoms with E-state index in [0.29, 0.717) is 6.08 Å². The molecule has 0 aromatic rings. The summed E-state index contributed by atoms with van der Waals surface area (Å²) in [5.41, 5.74) is 4.39. The van der Waals surface area contributed by atoms with Crippen molar-refractivity contribution in [1.29, 1.82) is 0 Å². The summed E-state index contributed by atoms with van der Waals surface area (Å²) in [5, 5.41) is 0. The van der Waals surface area contributed by atoms with Crippen LogP contribution >= 0.6 is 0 Å². The van der Waals surface area contributed by atoms with Gasteiger partial charge in [0, 0.05) is 38.0 Å². The molecule has 2 rings (SSSR count). The van der Waals surface area contributed by atoms with Gasteiger partial charge in [-0.15, -0.1) is 0 Å². The van der Waals surface area contributed by atoms with Gasteiger partial charge in [-0.25, -0.2) is 0 Å². The smallest absolute Gasteiger partial charge is 0.433 e. The van der Waals surface area contributed by atoms with E-state index in [1.807, 2.05) is 4.90 Å². The summed E-state index contributed by atoms with van der Waals surface area (Å²) in [6.45, 7) is 1.75. The van der Waals surface area contributed by atoms with Crippen molar-refractivity contribution in [2.75, 3.05) is 26.7 Å². The molecule has 1 amide bonds. The zero-order chi connectivity index (χ0) is 17.0. The fourth-order valence-corrected chi connectivity index (χ4v) is 2.92. The standard InChI is InChI=1S/C15H22F3N3O2/c1-20-12(15(16,17)18)8-13(19)23-9-10-4-5-11(10)14(22)21-6-2-3-7-21/h8,10-11H,2-7,9,19H2,1H3/t10-,11+/m1/s1. The number of hydrogen-bond donors (Lipinski definition) is 1. The van der Waals surface area contributed by atoms with Crippen LogP contribution in [0, 0.1) is 11.8 Å². The maximum Gasteiger partial charge on any atom is 0.433 e. The number of alkyl halides is 3.